The lowest BCUT2D eigenvalue weighted by atomic mass is 10.1. The minimum atomic E-state index is -0.218. The number of aromatic nitrogens is 2. The second kappa shape index (κ2) is 6.54. The number of hydrogen-bond acceptors (Lipinski definition) is 4. The van der Waals surface area contributed by atoms with E-state index in [9.17, 15) is 4.79 Å². The highest BCUT2D eigenvalue weighted by Gasteiger charge is 2.11. The molecule has 104 valence electrons. The van der Waals surface area contributed by atoms with Crippen molar-refractivity contribution in [2.45, 2.75) is 12.8 Å². The van der Waals surface area contributed by atoms with E-state index in [1.165, 1.54) is 6.33 Å². The van der Waals surface area contributed by atoms with Crippen LogP contribution in [0.1, 0.15) is 12.0 Å². The molecule has 1 aromatic heterocycles. The molecular formula is C13H12Cl2N4O. The first-order valence-corrected chi connectivity index (χ1v) is 6.62. The number of anilines is 2. The fourth-order valence-electron chi connectivity index (χ4n) is 1.64. The van der Waals surface area contributed by atoms with E-state index >= 15 is 0 Å². The molecule has 0 radical (unpaired) electrons. The van der Waals surface area contributed by atoms with E-state index in [0.29, 0.717) is 12.1 Å². The molecule has 7 heteroatoms. The average Bonchev–Trinajstić information content (AvgIpc) is 2.43. The number of halogens is 2. The van der Waals surface area contributed by atoms with Crippen LogP contribution in [0.15, 0.2) is 30.6 Å². The fourth-order valence-corrected chi connectivity index (χ4v) is 1.92. The van der Waals surface area contributed by atoms with Crippen LogP contribution in [0.4, 0.5) is 11.5 Å². The predicted molar refractivity (Wildman–Crippen MR) is 79.9 cm³/mol. The Kier molecular flexibility index (Phi) is 4.76. The molecule has 1 amide bonds. The van der Waals surface area contributed by atoms with Gasteiger partial charge < -0.3 is 11.1 Å². The number of rotatable bonds is 4. The minimum absolute atomic E-state index is 0.101. The normalized spacial score (nSPS) is 10.3. The SMILES string of the molecule is Nc1ccccc1CCC(=O)Nc1ncnc(Cl)c1Cl. The molecule has 2 aromatic rings. The number of aryl methyl sites for hydroxylation is 1. The molecule has 3 N–H and O–H groups in total. The molecule has 5 nitrogen and oxygen atoms in total. The molecule has 0 aliphatic heterocycles. The van der Waals surface area contributed by atoms with Crippen LogP contribution in [-0.2, 0) is 11.2 Å². The quantitative estimate of drug-likeness (QED) is 0.672. The van der Waals surface area contributed by atoms with Gasteiger partial charge in [-0.15, -0.1) is 0 Å². The average molecular weight is 311 g/mol. The van der Waals surface area contributed by atoms with Gasteiger partial charge in [0.15, 0.2) is 11.0 Å². The van der Waals surface area contributed by atoms with Crippen molar-refractivity contribution in [3.8, 4) is 0 Å². The van der Waals surface area contributed by atoms with Gasteiger partial charge in [0.05, 0.1) is 0 Å². The molecule has 0 unspecified atom stereocenters. The van der Waals surface area contributed by atoms with E-state index in [1.807, 2.05) is 18.2 Å². The number of nitrogen functional groups attached to an aromatic ring is 1. The van der Waals surface area contributed by atoms with E-state index in [1.54, 1.807) is 6.07 Å². The van der Waals surface area contributed by atoms with Crippen molar-refractivity contribution in [1.29, 1.82) is 0 Å². The molecule has 0 saturated heterocycles. The van der Waals surface area contributed by atoms with Crippen molar-refractivity contribution in [3.05, 3.63) is 46.3 Å². The molecule has 0 atom stereocenters. The monoisotopic (exact) mass is 310 g/mol. The van der Waals surface area contributed by atoms with Crippen LogP contribution >= 0.6 is 23.2 Å². The van der Waals surface area contributed by atoms with Crippen molar-refractivity contribution in [2.24, 2.45) is 0 Å². The van der Waals surface area contributed by atoms with E-state index < -0.39 is 0 Å². The number of para-hydroxylation sites is 1. The molecule has 2 rings (SSSR count). The van der Waals surface area contributed by atoms with Gasteiger partial charge in [-0.3, -0.25) is 4.79 Å². The fraction of sp³-hybridized carbons (Fsp3) is 0.154. The summed E-state index contributed by atoms with van der Waals surface area (Å²) in [6.45, 7) is 0. The third kappa shape index (κ3) is 3.59. The van der Waals surface area contributed by atoms with Crippen LogP contribution in [0.25, 0.3) is 0 Å². The second-order valence-electron chi connectivity index (χ2n) is 4.07. The lowest BCUT2D eigenvalue weighted by Gasteiger charge is -2.07. The first-order chi connectivity index (χ1) is 9.58. The van der Waals surface area contributed by atoms with Crippen LogP contribution in [0, 0.1) is 0 Å². The van der Waals surface area contributed by atoms with Crippen LogP contribution in [0.3, 0.4) is 0 Å². The first-order valence-electron chi connectivity index (χ1n) is 5.87. The zero-order valence-corrected chi connectivity index (χ0v) is 11.9. The maximum atomic E-state index is 11.8. The van der Waals surface area contributed by atoms with Gasteiger partial charge in [-0.1, -0.05) is 41.4 Å². The summed E-state index contributed by atoms with van der Waals surface area (Å²) in [7, 11) is 0. The summed E-state index contributed by atoms with van der Waals surface area (Å²) in [5, 5.41) is 2.82. The van der Waals surface area contributed by atoms with E-state index in [-0.39, 0.29) is 28.3 Å². The second-order valence-corrected chi connectivity index (χ2v) is 4.81. The Morgan fingerprint density at radius 3 is 2.75 bits per heavy atom. The third-order valence-corrected chi connectivity index (χ3v) is 3.42. The summed E-state index contributed by atoms with van der Waals surface area (Å²) >= 11 is 11.6. The third-order valence-electron chi connectivity index (χ3n) is 2.68. The Balaban J connectivity index is 1.96. The molecule has 0 saturated carbocycles. The van der Waals surface area contributed by atoms with Crippen molar-refractivity contribution < 1.29 is 4.79 Å². The number of hydrogen-bond donors (Lipinski definition) is 2. The van der Waals surface area contributed by atoms with Gasteiger partial charge in [0.25, 0.3) is 0 Å². The Labute approximate surface area is 126 Å². The summed E-state index contributed by atoms with van der Waals surface area (Å²) in [6, 6.07) is 7.41. The molecule has 0 aliphatic carbocycles. The van der Waals surface area contributed by atoms with Crippen LogP contribution in [-0.4, -0.2) is 15.9 Å². The number of carbonyl (C=O) groups is 1. The van der Waals surface area contributed by atoms with Crippen molar-refractivity contribution in [2.75, 3.05) is 11.1 Å². The number of amides is 1. The number of nitrogens with two attached hydrogens (primary N) is 1. The zero-order valence-electron chi connectivity index (χ0n) is 10.4. The maximum absolute atomic E-state index is 11.8. The van der Waals surface area contributed by atoms with Gasteiger partial charge in [0.1, 0.15) is 11.3 Å². The van der Waals surface area contributed by atoms with Crippen LogP contribution in [0.5, 0.6) is 0 Å². The standard InChI is InChI=1S/C13H12Cl2N4O/c14-11-12(15)17-7-18-13(11)19-10(20)6-5-8-3-1-2-4-9(8)16/h1-4,7H,5-6,16H2,(H,17,18,19,20). The highest BCUT2D eigenvalue weighted by atomic mass is 35.5. The van der Waals surface area contributed by atoms with Crippen LogP contribution < -0.4 is 11.1 Å². The van der Waals surface area contributed by atoms with E-state index in [2.05, 4.69) is 15.3 Å². The number of nitrogens with one attached hydrogen (secondary N) is 1. The first kappa shape index (κ1) is 14.6. The van der Waals surface area contributed by atoms with E-state index in [0.717, 1.165) is 5.56 Å². The number of nitrogens with zero attached hydrogens (tertiary/aromatic N) is 2. The molecule has 0 aliphatic rings. The summed E-state index contributed by atoms with van der Waals surface area (Å²) in [4.78, 5) is 19.4. The van der Waals surface area contributed by atoms with Gasteiger partial charge >= 0.3 is 0 Å². The molecule has 1 heterocycles. The molecule has 0 fully saturated rings. The summed E-state index contributed by atoms with van der Waals surface area (Å²) < 4.78 is 0. The van der Waals surface area contributed by atoms with Crippen molar-refractivity contribution in [1.82, 2.24) is 9.97 Å². The van der Waals surface area contributed by atoms with E-state index in [4.69, 9.17) is 28.9 Å². The van der Waals surface area contributed by atoms with Gasteiger partial charge in [-0.25, -0.2) is 9.97 Å². The molecule has 1 aromatic carbocycles. The van der Waals surface area contributed by atoms with Gasteiger partial charge in [-0.2, -0.15) is 0 Å². The predicted octanol–water partition coefficient (Wildman–Crippen LogP) is 2.94. The molecule has 0 bridgehead atoms. The minimum Gasteiger partial charge on any atom is -0.399 e. The van der Waals surface area contributed by atoms with Crippen molar-refractivity contribution >= 4 is 40.6 Å². The highest BCUT2D eigenvalue weighted by Crippen LogP contribution is 2.25. The van der Waals surface area contributed by atoms with Gasteiger partial charge in [0, 0.05) is 12.1 Å². The lowest BCUT2D eigenvalue weighted by molar-refractivity contribution is -0.116. The Bertz CT molecular complexity index is 634. The van der Waals surface area contributed by atoms with Crippen molar-refractivity contribution in [3.63, 3.8) is 0 Å². The number of benzene rings is 1. The Morgan fingerprint density at radius 1 is 1.25 bits per heavy atom. The maximum Gasteiger partial charge on any atom is 0.225 e. The lowest BCUT2D eigenvalue weighted by Crippen LogP contribution is -2.14. The molecule has 0 spiro atoms. The number of carbonyl (C=O) groups excluding carboxylic acids is 1. The molecular weight excluding hydrogens is 299 g/mol. The summed E-state index contributed by atoms with van der Waals surface area (Å²) in [6.07, 6.45) is 2.04. The topological polar surface area (TPSA) is 80.9 Å². The van der Waals surface area contributed by atoms with Gasteiger partial charge in [-0.05, 0) is 18.1 Å². The van der Waals surface area contributed by atoms with Gasteiger partial charge in [0.2, 0.25) is 5.91 Å². The smallest absolute Gasteiger partial charge is 0.225 e. The van der Waals surface area contributed by atoms with Crippen LogP contribution in [0.2, 0.25) is 10.2 Å². The Morgan fingerprint density at radius 2 is 2.00 bits per heavy atom. The highest BCUT2D eigenvalue weighted by molar-refractivity contribution is 6.42. The largest absolute Gasteiger partial charge is 0.399 e. The Hall–Kier alpha value is -1.85. The summed E-state index contributed by atoms with van der Waals surface area (Å²) in [5.41, 5.74) is 7.41. The molecule has 20 heavy (non-hydrogen) atoms. The zero-order chi connectivity index (χ0) is 14.5. The summed E-state index contributed by atoms with van der Waals surface area (Å²) in [5.74, 6) is -0.0115.